The SMILES string of the molecule is C[C@@H](Sc1nnc(CNc2ccccc2)n1-c1ccccc1)C(=O)N/N=C\c1cc(Br)cc([N+](=O)[O-])c1O. The van der Waals surface area contributed by atoms with Gasteiger partial charge in [0.15, 0.2) is 11.0 Å². The Kier molecular flexibility index (Phi) is 8.71. The molecule has 3 aromatic carbocycles. The van der Waals surface area contributed by atoms with Gasteiger partial charge in [-0.2, -0.15) is 5.10 Å². The second kappa shape index (κ2) is 12.3. The number of halogens is 1. The minimum atomic E-state index is -0.707. The minimum Gasteiger partial charge on any atom is -0.502 e. The first-order chi connectivity index (χ1) is 18.3. The molecule has 0 saturated heterocycles. The number of thioether (sulfide) groups is 1. The lowest BCUT2D eigenvalue weighted by molar-refractivity contribution is -0.385. The number of para-hydroxylation sites is 2. The second-order valence-electron chi connectivity index (χ2n) is 7.90. The van der Waals surface area contributed by atoms with Crippen LogP contribution in [-0.4, -0.2) is 42.2 Å². The maximum Gasteiger partial charge on any atom is 0.312 e. The molecular weight excluding hydrogens is 574 g/mol. The average molecular weight is 596 g/mol. The van der Waals surface area contributed by atoms with Crippen molar-refractivity contribution < 1.29 is 14.8 Å². The van der Waals surface area contributed by atoms with Crippen molar-refractivity contribution >= 4 is 51.2 Å². The number of nitro groups is 1. The van der Waals surface area contributed by atoms with Crippen LogP contribution >= 0.6 is 27.7 Å². The van der Waals surface area contributed by atoms with Gasteiger partial charge in [-0.25, -0.2) is 5.43 Å². The zero-order valence-electron chi connectivity index (χ0n) is 20.0. The fourth-order valence-electron chi connectivity index (χ4n) is 3.38. The van der Waals surface area contributed by atoms with E-state index in [4.69, 9.17) is 0 Å². The highest BCUT2D eigenvalue weighted by molar-refractivity contribution is 9.10. The van der Waals surface area contributed by atoms with E-state index >= 15 is 0 Å². The molecule has 1 heterocycles. The highest BCUT2D eigenvalue weighted by Gasteiger charge is 2.21. The number of phenolic OH excluding ortho intramolecular Hbond substituents is 1. The van der Waals surface area contributed by atoms with Gasteiger partial charge in [0, 0.05) is 27.5 Å². The fourth-order valence-corrected chi connectivity index (χ4v) is 4.72. The summed E-state index contributed by atoms with van der Waals surface area (Å²) in [5, 5.41) is 37.0. The predicted molar refractivity (Wildman–Crippen MR) is 149 cm³/mol. The molecule has 38 heavy (non-hydrogen) atoms. The zero-order chi connectivity index (χ0) is 27.1. The van der Waals surface area contributed by atoms with E-state index in [1.165, 1.54) is 23.9 Å². The number of hydrazone groups is 1. The first-order valence-electron chi connectivity index (χ1n) is 11.3. The van der Waals surface area contributed by atoms with Gasteiger partial charge >= 0.3 is 5.69 Å². The first kappa shape index (κ1) is 26.8. The van der Waals surface area contributed by atoms with Gasteiger partial charge in [0.25, 0.3) is 5.91 Å². The van der Waals surface area contributed by atoms with Gasteiger partial charge in [-0.3, -0.25) is 19.5 Å². The minimum absolute atomic E-state index is 0.0751. The average Bonchev–Trinajstić information content (AvgIpc) is 3.32. The van der Waals surface area contributed by atoms with Gasteiger partial charge in [0.1, 0.15) is 0 Å². The third kappa shape index (κ3) is 6.55. The van der Waals surface area contributed by atoms with Crippen LogP contribution in [0.4, 0.5) is 11.4 Å². The van der Waals surface area contributed by atoms with Crippen LogP contribution < -0.4 is 10.7 Å². The molecule has 0 saturated carbocycles. The van der Waals surface area contributed by atoms with Gasteiger partial charge in [-0.1, -0.05) is 64.1 Å². The molecule has 0 bridgehead atoms. The van der Waals surface area contributed by atoms with Crippen molar-refractivity contribution in [1.82, 2.24) is 20.2 Å². The number of benzene rings is 3. The highest BCUT2D eigenvalue weighted by atomic mass is 79.9. The molecule has 0 spiro atoms. The lowest BCUT2D eigenvalue weighted by Gasteiger charge is -2.13. The van der Waals surface area contributed by atoms with Crippen LogP contribution in [0, 0.1) is 10.1 Å². The molecule has 0 radical (unpaired) electrons. The zero-order valence-corrected chi connectivity index (χ0v) is 22.4. The summed E-state index contributed by atoms with van der Waals surface area (Å²) >= 11 is 4.36. The van der Waals surface area contributed by atoms with Crippen molar-refractivity contribution in [2.24, 2.45) is 5.10 Å². The molecule has 4 rings (SSSR count). The number of phenols is 1. The van der Waals surface area contributed by atoms with Crippen molar-refractivity contribution in [2.45, 2.75) is 23.9 Å². The number of hydrogen-bond donors (Lipinski definition) is 3. The van der Waals surface area contributed by atoms with E-state index < -0.39 is 27.5 Å². The maximum atomic E-state index is 12.7. The second-order valence-corrected chi connectivity index (χ2v) is 10.1. The molecule has 13 heteroatoms. The number of carbonyl (C=O) groups is 1. The van der Waals surface area contributed by atoms with Crippen LogP contribution in [0.15, 0.2) is 87.5 Å². The van der Waals surface area contributed by atoms with E-state index in [2.05, 4.69) is 42.0 Å². The smallest absolute Gasteiger partial charge is 0.312 e. The summed E-state index contributed by atoms with van der Waals surface area (Å²) in [4.78, 5) is 23.1. The number of hydrogen-bond acceptors (Lipinski definition) is 9. The lowest BCUT2D eigenvalue weighted by Crippen LogP contribution is -2.27. The van der Waals surface area contributed by atoms with Gasteiger partial charge in [0.05, 0.1) is 22.9 Å². The summed E-state index contributed by atoms with van der Waals surface area (Å²) in [5.74, 6) is -0.312. The molecule has 11 nitrogen and oxygen atoms in total. The molecule has 194 valence electrons. The quantitative estimate of drug-likeness (QED) is 0.102. The number of amides is 1. The number of carbonyl (C=O) groups excluding carboxylic acids is 1. The molecule has 0 aliphatic heterocycles. The van der Waals surface area contributed by atoms with Crippen LogP contribution in [-0.2, 0) is 11.3 Å². The topological polar surface area (TPSA) is 148 Å². The molecule has 0 unspecified atom stereocenters. The Hall–Kier alpha value is -4.23. The Morgan fingerprint density at radius 1 is 1.18 bits per heavy atom. The molecule has 4 aromatic rings. The molecule has 3 N–H and O–H groups in total. The predicted octanol–water partition coefficient (Wildman–Crippen LogP) is 4.89. The van der Waals surface area contributed by atoms with Crippen LogP contribution in [0.1, 0.15) is 18.3 Å². The lowest BCUT2D eigenvalue weighted by atomic mass is 10.2. The Balaban J connectivity index is 1.48. The van der Waals surface area contributed by atoms with Gasteiger partial charge in [0.2, 0.25) is 5.75 Å². The third-order valence-corrected chi connectivity index (χ3v) is 6.75. The molecule has 1 atom stereocenters. The third-order valence-electron chi connectivity index (χ3n) is 5.25. The maximum absolute atomic E-state index is 12.7. The first-order valence-corrected chi connectivity index (χ1v) is 13.0. The molecule has 1 aromatic heterocycles. The van der Waals surface area contributed by atoms with E-state index in [1.807, 2.05) is 65.2 Å². The number of anilines is 1. The molecular formula is C25H22BrN7O4S. The van der Waals surface area contributed by atoms with Gasteiger partial charge in [-0.15, -0.1) is 10.2 Å². The number of rotatable bonds is 10. The fraction of sp³-hybridized carbons (Fsp3) is 0.120. The van der Waals surface area contributed by atoms with E-state index in [0.29, 0.717) is 22.0 Å². The van der Waals surface area contributed by atoms with Crippen molar-refractivity contribution in [3.63, 3.8) is 0 Å². The Morgan fingerprint density at radius 3 is 2.55 bits per heavy atom. The van der Waals surface area contributed by atoms with Gasteiger partial charge < -0.3 is 10.4 Å². The number of nitrogens with zero attached hydrogens (tertiary/aromatic N) is 5. The number of nitro benzene ring substituents is 1. The standard InChI is InChI=1S/C25H22BrN7O4S/c1-16(24(35)30-28-14-17-12-18(26)13-21(23(17)34)33(36)37)38-25-31-29-22(15-27-19-8-4-2-5-9-19)32(25)20-10-6-3-7-11-20/h2-14,16,27,34H,15H2,1H3,(H,30,35)/b28-14-/t16-/m1/s1. The Morgan fingerprint density at radius 2 is 1.87 bits per heavy atom. The summed E-state index contributed by atoms with van der Waals surface area (Å²) in [6.45, 7) is 2.11. The highest BCUT2D eigenvalue weighted by Crippen LogP contribution is 2.32. The summed E-state index contributed by atoms with van der Waals surface area (Å²) in [5.41, 5.74) is 3.79. The van der Waals surface area contributed by atoms with E-state index in [-0.39, 0.29) is 5.56 Å². The summed E-state index contributed by atoms with van der Waals surface area (Å²) in [6.07, 6.45) is 1.14. The Bertz CT molecular complexity index is 1470. The monoisotopic (exact) mass is 595 g/mol. The Labute approximate surface area is 230 Å². The molecule has 0 aliphatic rings. The van der Waals surface area contributed by atoms with Crippen molar-refractivity contribution in [3.8, 4) is 11.4 Å². The van der Waals surface area contributed by atoms with E-state index in [1.54, 1.807) is 6.92 Å². The molecule has 0 aliphatic carbocycles. The number of nitrogens with one attached hydrogen (secondary N) is 2. The van der Waals surface area contributed by atoms with E-state index in [0.717, 1.165) is 17.6 Å². The number of aromatic hydroxyl groups is 1. The van der Waals surface area contributed by atoms with Crippen LogP contribution in [0.25, 0.3) is 5.69 Å². The number of aromatic nitrogens is 3. The molecule has 0 fully saturated rings. The molecule has 1 amide bonds. The summed E-state index contributed by atoms with van der Waals surface area (Å²) in [7, 11) is 0. The normalized spacial score (nSPS) is 11.8. The summed E-state index contributed by atoms with van der Waals surface area (Å²) < 4.78 is 2.27. The summed E-state index contributed by atoms with van der Waals surface area (Å²) in [6, 6.07) is 21.9. The van der Waals surface area contributed by atoms with Gasteiger partial charge in [-0.05, 0) is 37.3 Å². The van der Waals surface area contributed by atoms with E-state index in [9.17, 15) is 20.0 Å². The van der Waals surface area contributed by atoms with Crippen LogP contribution in [0.5, 0.6) is 5.75 Å². The largest absolute Gasteiger partial charge is 0.502 e. The van der Waals surface area contributed by atoms with Crippen LogP contribution in [0.3, 0.4) is 0 Å². The van der Waals surface area contributed by atoms with Crippen molar-refractivity contribution in [3.05, 3.63) is 98.8 Å². The van der Waals surface area contributed by atoms with Crippen molar-refractivity contribution in [2.75, 3.05) is 5.32 Å². The van der Waals surface area contributed by atoms with Crippen LogP contribution in [0.2, 0.25) is 0 Å². The van der Waals surface area contributed by atoms with Crippen molar-refractivity contribution in [1.29, 1.82) is 0 Å².